The van der Waals surface area contributed by atoms with Crippen molar-refractivity contribution >= 4 is 23.3 Å². The molecule has 1 heterocycles. The fraction of sp³-hybridized carbons (Fsp3) is 0.462. The first-order chi connectivity index (χ1) is 16.4. The summed E-state index contributed by atoms with van der Waals surface area (Å²) in [7, 11) is 3.21. The van der Waals surface area contributed by atoms with Gasteiger partial charge in [-0.05, 0) is 54.5 Å². The maximum Gasteiger partial charge on any atom is 0.318 e. The summed E-state index contributed by atoms with van der Waals surface area (Å²) in [5.41, 5.74) is 2.20. The molecule has 34 heavy (non-hydrogen) atoms. The number of ether oxygens (including phenoxy) is 2. The normalized spacial score (nSPS) is 10.5. The van der Waals surface area contributed by atoms with Gasteiger partial charge in [0, 0.05) is 24.5 Å². The third kappa shape index (κ3) is 8.09. The number of nitrogens with one attached hydrogen (secondary N) is 1. The Morgan fingerprint density at radius 2 is 1.91 bits per heavy atom. The van der Waals surface area contributed by atoms with Crippen molar-refractivity contribution in [3.8, 4) is 11.5 Å². The van der Waals surface area contributed by atoms with Crippen molar-refractivity contribution in [3.63, 3.8) is 0 Å². The topological polar surface area (TPSA) is 71.1 Å². The molecule has 0 unspecified atom stereocenters. The van der Waals surface area contributed by atoms with Gasteiger partial charge >= 0.3 is 6.03 Å². The molecule has 0 saturated heterocycles. The van der Waals surface area contributed by atoms with Gasteiger partial charge in [-0.1, -0.05) is 25.5 Å². The highest BCUT2D eigenvalue weighted by Gasteiger charge is 2.21. The minimum absolute atomic E-state index is 0.000332. The van der Waals surface area contributed by atoms with Crippen molar-refractivity contribution in [2.45, 2.75) is 39.7 Å². The van der Waals surface area contributed by atoms with Gasteiger partial charge in [0.1, 0.15) is 6.54 Å². The molecule has 0 aliphatic carbocycles. The van der Waals surface area contributed by atoms with Crippen LogP contribution in [-0.4, -0.2) is 62.1 Å². The summed E-state index contributed by atoms with van der Waals surface area (Å²) in [5, 5.41) is 4.93. The van der Waals surface area contributed by atoms with Crippen molar-refractivity contribution in [3.05, 3.63) is 58.3 Å². The first-order valence-corrected chi connectivity index (χ1v) is 12.5. The van der Waals surface area contributed by atoms with Gasteiger partial charge in [-0.15, -0.1) is 17.9 Å². The minimum atomic E-state index is -0.242. The number of thiophene rings is 1. The molecule has 0 atom stereocenters. The zero-order valence-corrected chi connectivity index (χ0v) is 21.6. The van der Waals surface area contributed by atoms with E-state index < -0.39 is 0 Å². The van der Waals surface area contributed by atoms with E-state index in [4.69, 9.17) is 9.47 Å². The highest BCUT2D eigenvalue weighted by atomic mass is 32.1. The van der Waals surface area contributed by atoms with E-state index >= 15 is 0 Å². The lowest BCUT2D eigenvalue weighted by Crippen LogP contribution is -2.47. The van der Waals surface area contributed by atoms with Gasteiger partial charge in [0.2, 0.25) is 5.91 Å². The van der Waals surface area contributed by atoms with Gasteiger partial charge in [0.15, 0.2) is 11.5 Å². The first-order valence-electron chi connectivity index (χ1n) is 11.6. The molecule has 1 N–H and O–H groups in total. The summed E-state index contributed by atoms with van der Waals surface area (Å²) in [6.45, 7) is 9.79. The predicted octanol–water partition coefficient (Wildman–Crippen LogP) is 4.64. The Balaban J connectivity index is 2.15. The summed E-state index contributed by atoms with van der Waals surface area (Å²) < 4.78 is 10.7. The first kappa shape index (κ1) is 27.2. The molecule has 3 amide bonds. The van der Waals surface area contributed by atoms with Gasteiger partial charge in [0.05, 0.1) is 20.8 Å². The number of rotatable bonds is 14. The highest BCUT2D eigenvalue weighted by molar-refractivity contribution is 7.10. The predicted molar refractivity (Wildman–Crippen MR) is 138 cm³/mol. The average Bonchev–Trinajstić information content (AvgIpc) is 3.25. The van der Waals surface area contributed by atoms with E-state index in [1.807, 2.05) is 35.4 Å². The van der Waals surface area contributed by atoms with E-state index in [0.29, 0.717) is 44.1 Å². The van der Waals surface area contributed by atoms with Gasteiger partial charge in [0.25, 0.3) is 0 Å². The summed E-state index contributed by atoms with van der Waals surface area (Å²) in [6, 6.07) is 7.60. The monoisotopic (exact) mass is 487 g/mol. The molecular weight excluding hydrogens is 450 g/mol. The molecule has 0 aliphatic rings. The molecule has 1 aromatic carbocycles. The molecule has 0 bridgehead atoms. The van der Waals surface area contributed by atoms with E-state index in [-0.39, 0.29) is 18.5 Å². The van der Waals surface area contributed by atoms with Crippen LogP contribution in [0, 0.1) is 6.92 Å². The number of carbonyl (C=O) groups is 2. The molecule has 1 aromatic heterocycles. The largest absolute Gasteiger partial charge is 0.493 e. The van der Waals surface area contributed by atoms with Crippen LogP contribution in [-0.2, 0) is 17.8 Å². The van der Waals surface area contributed by atoms with Crippen molar-refractivity contribution in [1.29, 1.82) is 0 Å². The second-order valence-electron chi connectivity index (χ2n) is 8.04. The van der Waals surface area contributed by atoms with Gasteiger partial charge in [-0.2, -0.15) is 0 Å². The Bertz CT molecular complexity index is 944. The molecule has 186 valence electrons. The van der Waals surface area contributed by atoms with E-state index in [1.54, 1.807) is 31.6 Å². The molecule has 0 aliphatic heterocycles. The molecule has 7 nitrogen and oxygen atoms in total. The fourth-order valence-corrected chi connectivity index (χ4v) is 4.37. The fourth-order valence-electron chi connectivity index (χ4n) is 3.45. The molecule has 2 rings (SSSR count). The number of carbonyl (C=O) groups excluding carboxylic acids is 2. The van der Waals surface area contributed by atoms with Crippen molar-refractivity contribution in [2.75, 3.05) is 40.4 Å². The summed E-state index contributed by atoms with van der Waals surface area (Å²) in [4.78, 5) is 30.5. The number of unbranched alkanes of at least 4 members (excludes halogenated alkanes) is 1. The maximum atomic E-state index is 13.4. The van der Waals surface area contributed by atoms with Crippen LogP contribution in [0.25, 0.3) is 0 Å². The molecule has 0 radical (unpaired) electrons. The molecule has 2 aromatic rings. The number of methoxy groups -OCH3 is 2. The second kappa shape index (κ2) is 14.3. The lowest BCUT2D eigenvalue weighted by Gasteiger charge is -2.27. The minimum Gasteiger partial charge on any atom is -0.493 e. The van der Waals surface area contributed by atoms with Crippen molar-refractivity contribution < 1.29 is 19.1 Å². The number of nitrogens with zero attached hydrogens (tertiary/aromatic N) is 2. The lowest BCUT2D eigenvalue weighted by molar-refractivity contribution is -0.132. The molecule has 0 saturated carbocycles. The second-order valence-corrected chi connectivity index (χ2v) is 9.04. The van der Waals surface area contributed by atoms with Crippen molar-refractivity contribution in [2.24, 2.45) is 0 Å². The Kier molecular flexibility index (Phi) is 11.5. The SMILES string of the molecule is C=CCN(CC(=O)N(CCc1ccc(OC)c(OC)c1)Cc1sccc1C)C(=O)NCCCC. The van der Waals surface area contributed by atoms with Crippen LogP contribution in [0.2, 0.25) is 0 Å². The molecule has 0 spiro atoms. The molecular formula is C26H37N3O4S. The Hall–Kier alpha value is -3.00. The zero-order valence-electron chi connectivity index (χ0n) is 20.8. The Morgan fingerprint density at radius 3 is 2.53 bits per heavy atom. The van der Waals surface area contributed by atoms with Crippen LogP contribution in [0.3, 0.4) is 0 Å². The van der Waals surface area contributed by atoms with Gasteiger partial charge in [-0.3, -0.25) is 4.79 Å². The number of amides is 3. The average molecular weight is 488 g/mol. The number of benzene rings is 1. The van der Waals surface area contributed by atoms with Crippen LogP contribution in [0.4, 0.5) is 4.79 Å². The van der Waals surface area contributed by atoms with E-state index in [2.05, 4.69) is 24.9 Å². The van der Waals surface area contributed by atoms with Gasteiger partial charge in [-0.25, -0.2) is 4.79 Å². The number of aryl methyl sites for hydroxylation is 1. The summed E-state index contributed by atoms with van der Waals surface area (Å²) in [5.74, 6) is 1.23. The Labute approximate surface area is 207 Å². The van der Waals surface area contributed by atoms with Crippen LogP contribution in [0.1, 0.15) is 35.8 Å². The lowest BCUT2D eigenvalue weighted by atomic mass is 10.1. The van der Waals surface area contributed by atoms with E-state index in [9.17, 15) is 9.59 Å². The van der Waals surface area contributed by atoms with Crippen molar-refractivity contribution in [1.82, 2.24) is 15.1 Å². The third-order valence-corrected chi connectivity index (χ3v) is 6.55. The standard InChI is InChI=1S/C26H37N3O4S/c1-6-8-13-27-26(31)29(14-7-2)19-25(30)28(18-24-20(3)12-16-34-24)15-11-21-9-10-22(32-4)23(17-21)33-5/h7,9-10,12,16-17H,2,6,8,11,13-15,18-19H2,1,3-5H3,(H,27,31). The zero-order chi connectivity index (χ0) is 24.9. The number of urea groups is 1. The van der Waals surface area contributed by atoms with Gasteiger partial charge < -0.3 is 24.6 Å². The summed E-state index contributed by atoms with van der Waals surface area (Å²) in [6.07, 6.45) is 4.19. The molecule has 0 fully saturated rings. The Morgan fingerprint density at radius 1 is 1.15 bits per heavy atom. The van der Waals surface area contributed by atoms with E-state index in [0.717, 1.165) is 28.8 Å². The van der Waals surface area contributed by atoms with Crippen LogP contribution in [0.5, 0.6) is 11.5 Å². The van der Waals surface area contributed by atoms with Crippen LogP contribution in [0.15, 0.2) is 42.3 Å². The smallest absolute Gasteiger partial charge is 0.318 e. The van der Waals surface area contributed by atoms with E-state index in [1.165, 1.54) is 4.90 Å². The van der Waals surface area contributed by atoms with Crippen LogP contribution < -0.4 is 14.8 Å². The third-order valence-electron chi connectivity index (χ3n) is 5.54. The highest BCUT2D eigenvalue weighted by Crippen LogP contribution is 2.28. The quantitative estimate of drug-likeness (QED) is 0.311. The molecule has 8 heteroatoms. The summed E-state index contributed by atoms with van der Waals surface area (Å²) >= 11 is 1.64. The maximum absolute atomic E-state index is 13.4. The number of hydrogen-bond acceptors (Lipinski definition) is 5. The van der Waals surface area contributed by atoms with Crippen LogP contribution >= 0.6 is 11.3 Å². The number of hydrogen-bond donors (Lipinski definition) is 1.